The number of H-pyrrole nitrogens is 2. The number of nitrogens with zero attached hydrogens (tertiary/aromatic N) is 1. The van der Waals surface area contributed by atoms with Crippen molar-refractivity contribution in [3.8, 4) is 17.4 Å². The molecule has 2 heterocycles. The Balaban J connectivity index is 1.57. The fourth-order valence-corrected chi connectivity index (χ4v) is 5.17. The molecule has 0 saturated carbocycles. The summed E-state index contributed by atoms with van der Waals surface area (Å²) in [6, 6.07) is 13.1. The normalized spacial score (nSPS) is 17.5. The molecule has 2 aromatic carbocycles. The summed E-state index contributed by atoms with van der Waals surface area (Å²) in [6.45, 7) is 2.29. The van der Waals surface area contributed by atoms with E-state index >= 15 is 0 Å². The number of nitrogens with one attached hydrogen (secondary N) is 2. The molecule has 0 radical (unpaired) electrons. The summed E-state index contributed by atoms with van der Waals surface area (Å²) in [4.78, 5) is 16.3. The van der Waals surface area contributed by atoms with Gasteiger partial charge in [-0.3, -0.25) is 4.98 Å². The number of imidazole rings is 1. The maximum Gasteiger partial charge on any atom is 0.326 e. The van der Waals surface area contributed by atoms with Crippen molar-refractivity contribution in [2.45, 2.75) is 30.7 Å². The minimum Gasteiger partial charge on any atom is -0.493 e. The van der Waals surface area contributed by atoms with Crippen molar-refractivity contribution in [2.75, 3.05) is 6.54 Å². The minimum absolute atomic E-state index is 0.123. The number of aryl methyl sites for hydroxylation is 1. The molecule has 3 aromatic rings. The van der Waals surface area contributed by atoms with E-state index in [4.69, 9.17) is 4.74 Å². The molecule has 1 aliphatic heterocycles. The number of hydrogen-bond acceptors (Lipinski definition) is 5. The van der Waals surface area contributed by atoms with Crippen molar-refractivity contribution < 1.29 is 18.3 Å². The first-order valence-electron chi connectivity index (χ1n) is 9.22. The first-order valence-corrected chi connectivity index (χ1v) is 10.7. The van der Waals surface area contributed by atoms with Crippen LogP contribution in [-0.4, -0.2) is 34.3 Å². The molecule has 0 unspecified atom stereocenters. The fraction of sp³-hybridized carbons (Fsp3) is 0.250. The van der Waals surface area contributed by atoms with Crippen LogP contribution in [0.5, 0.6) is 17.4 Å². The average Bonchev–Trinajstić information content (AvgIpc) is 3.30. The zero-order valence-corrected chi connectivity index (χ0v) is 16.6. The largest absolute Gasteiger partial charge is 0.493 e. The molecule has 8 nitrogen and oxygen atoms in total. The molecule has 0 bridgehead atoms. The third-order valence-electron chi connectivity index (χ3n) is 4.96. The highest BCUT2D eigenvalue weighted by Crippen LogP contribution is 2.38. The summed E-state index contributed by atoms with van der Waals surface area (Å²) < 4.78 is 33.3. The Bertz CT molecular complexity index is 1160. The molecule has 0 amide bonds. The van der Waals surface area contributed by atoms with Gasteiger partial charge in [0.25, 0.3) is 0 Å². The zero-order chi connectivity index (χ0) is 20.6. The molecule has 1 aliphatic rings. The molecule has 152 valence electrons. The molecule has 29 heavy (non-hydrogen) atoms. The van der Waals surface area contributed by atoms with Crippen molar-refractivity contribution >= 4 is 10.0 Å². The van der Waals surface area contributed by atoms with Crippen LogP contribution < -0.4 is 10.4 Å². The zero-order valence-electron chi connectivity index (χ0n) is 15.8. The SMILES string of the molecule is Cc1ccc(Oc2ccc(S(=O)(=O)N3CCC[C@@H]3c3[nH]c(=O)[nH]c3O)cc2)cc1. The smallest absolute Gasteiger partial charge is 0.326 e. The highest BCUT2D eigenvalue weighted by molar-refractivity contribution is 7.89. The molecule has 1 aromatic heterocycles. The van der Waals surface area contributed by atoms with E-state index < -0.39 is 21.8 Å². The van der Waals surface area contributed by atoms with Crippen LogP contribution in [0.2, 0.25) is 0 Å². The van der Waals surface area contributed by atoms with Gasteiger partial charge in [-0.05, 0) is 56.2 Å². The number of hydrogen-bond donors (Lipinski definition) is 3. The minimum atomic E-state index is -3.81. The Kier molecular flexibility index (Phi) is 4.93. The lowest BCUT2D eigenvalue weighted by Gasteiger charge is -2.23. The van der Waals surface area contributed by atoms with E-state index in [1.54, 1.807) is 12.1 Å². The summed E-state index contributed by atoms with van der Waals surface area (Å²) in [7, 11) is -3.81. The van der Waals surface area contributed by atoms with Gasteiger partial charge in [0.2, 0.25) is 15.9 Å². The second-order valence-corrected chi connectivity index (χ2v) is 8.89. The Morgan fingerprint density at radius 2 is 1.66 bits per heavy atom. The summed E-state index contributed by atoms with van der Waals surface area (Å²) in [6.07, 6.45) is 1.14. The van der Waals surface area contributed by atoms with Gasteiger partial charge in [-0.2, -0.15) is 4.31 Å². The van der Waals surface area contributed by atoms with Gasteiger partial charge in [-0.15, -0.1) is 0 Å². The Labute approximate surface area is 167 Å². The van der Waals surface area contributed by atoms with Crippen LogP contribution in [0.1, 0.15) is 30.1 Å². The number of rotatable bonds is 5. The van der Waals surface area contributed by atoms with E-state index in [-0.39, 0.29) is 16.5 Å². The van der Waals surface area contributed by atoms with Crippen molar-refractivity contribution in [3.05, 3.63) is 70.3 Å². The van der Waals surface area contributed by atoms with Crippen molar-refractivity contribution in [1.82, 2.24) is 14.3 Å². The highest BCUT2D eigenvalue weighted by atomic mass is 32.2. The number of aromatic nitrogens is 2. The summed E-state index contributed by atoms with van der Waals surface area (Å²) in [5.74, 6) is 0.861. The standard InChI is InChI=1S/C20H21N3O5S/c1-13-4-6-14(7-5-13)28-15-8-10-16(11-9-15)29(26,27)23-12-2-3-17(23)18-19(24)22-20(25)21-18/h4-11,17,24H,2-3,12H2,1H3,(H2,21,22,25)/t17-/m1/s1. The summed E-state index contributed by atoms with van der Waals surface area (Å²) >= 11 is 0. The molecule has 9 heteroatoms. The lowest BCUT2D eigenvalue weighted by atomic mass is 10.2. The molecule has 1 atom stereocenters. The van der Waals surface area contributed by atoms with E-state index in [0.29, 0.717) is 30.9 Å². The van der Waals surface area contributed by atoms with Crippen molar-refractivity contribution in [1.29, 1.82) is 0 Å². The highest BCUT2D eigenvalue weighted by Gasteiger charge is 2.38. The quantitative estimate of drug-likeness (QED) is 0.592. The summed E-state index contributed by atoms with van der Waals surface area (Å²) in [5.41, 5.74) is 0.739. The molecular weight excluding hydrogens is 394 g/mol. The first-order chi connectivity index (χ1) is 13.8. The van der Waals surface area contributed by atoms with E-state index in [0.717, 1.165) is 5.56 Å². The third-order valence-corrected chi connectivity index (χ3v) is 6.88. The molecule has 3 N–H and O–H groups in total. The van der Waals surface area contributed by atoms with Gasteiger partial charge in [0.15, 0.2) is 0 Å². The second-order valence-electron chi connectivity index (χ2n) is 7.00. The van der Waals surface area contributed by atoms with Crippen LogP contribution in [0.4, 0.5) is 0 Å². The molecule has 4 rings (SSSR count). The van der Waals surface area contributed by atoms with Gasteiger partial charge >= 0.3 is 5.69 Å². The molecule has 0 aliphatic carbocycles. The van der Waals surface area contributed by atoms with Crippen LogP contribution in [0, 0.1) is 6.92 Å². The van der Waals surface area contributed by atoms with Crippen molar-refractivity contribution in [2.24, 2.45) is 0 Å². The lowest BCUT2D eigenvalue weighted by Crippen LogP contribution is -2.31. The monoisotopic (exact) mass is 415 g/mol. The molecule has 1 saturated heterocycles. The maximum atomic E-state index is 13.1. The number of aromatic hydroxyl groups is 1. The van der Waals surface area contributed by atoms with E-state index in [9.17, 15) is 18.3 Å². The van der Waals surface area contributed by atoms with E-state index in [2.05, 4.69) is 9.97 Å². The van der Waals surface area contributed by atoms with Gasteiger partial charge in [-0.25, -0.2) is 13.2 Å². The Hall–Kier alpha value is -3.04. The number of benzene rings is 2. The topological polar surface area (TPSA) is 115 Å². The van der Waals surface area contributed by atoms with Crippen molar-refractivity contribution in [3.63, 3.8) is 0 Å². The van der Waals surface area contributed by atoms with Gasteiger partial charge in [-0.1, -0.05) is 17.7 Å². The van der Waals surface area contributed by atoms with Gasteiger partial charge < -0.3 is 14.8 Å². The molecule has 1 fully saturated rings. The molecular formula is C20H21N3O5S. The predicted molar refractivity (Wildman–Crippen MR) is 107 cm³/mol. The van der Waals surface area contributed by atoms with Gasteiger partial charge in [0.05, 0.1) is 16.6 Å². The van der Waals surface area contributed by atoms with Gasteiger partial charge in [0, 0.05) is 6.54 Å². The average molecular weight is 415 g/mol. The maximum absolute atomic E-state index is 13.1. The Morgan fingerprint density at radius 1 is 1.03 bits per heavy atom. The summed E-state index contributed by atoms with van der Waals surface area (Å²) in [5, 5.41) is 9.91. The van der Waals surface area contributed by atoms with Gasteiger partial charge in [0.1, 0.15) is 11.5 Å². The van der Waals surface area contributed by atoms with Crippen LogP contribution in [0.25, 0.3) is 0 Å². The van der Waals surface area contributed by atoms with Crippen LogP contribution in [0.3, 0.4) is 0 Å². The number of sulfonamides is 1. The van der Waals surface area contributed by atoms with Crippen LogP contribution >= 0.6 is 0 Å². The Morgan fingerprint density at radius 3 is 2.24 bits per heavy atom. The second kappa shape index (κ2) is 7.41. The first kappa shape index (κ1) is 19.3. The number of ether oxygens (including phenoxy) is 1. The van der Waals surface area contributed by atoms with Crippen LogP contribution in [0.15, 0.2) is 58.2 Å². The molecule has 0 spiro atoms. The van der Waals surface area contributed by atoms with Crippen LogP contribution in [-0.2, 0) is 10.0 Å². The fourth-order valence-electron chi connectivity index (χ4n) is 3.50. The predicted octanol–water partition coefficient (Wildman–Crippen LogP) is 3.04. The third kappa shape index (κ3) is 3.79. The van der Waals surface area contributed by atoms with E-state index in [1.165, 1.54) is 16.4 Å². The van der Waals surface area contributed by atoms with E-state index in [1.807, 2.05) is 31.2 Å². The number of aromatic amines is 2. The lowest BCUT2D eigenvalue weighted by molar-refractivity contribution is 0.371.